The predicted molar refractivity (Wildman–Crippen MR) is 59.2 cm³/mol. The first-order valence-electron chi connectivity index (χ1n) is 4.26. The lowest BCUT2D eigenvalue weighted by molar-refractivity contribution is -0.135. The number of hydrogen-bond donors (Lipinski definition) is 3. The standard InChI is InChI=1S/C7H9N3O5S2/c1-4(11)10-7-8-3-6(16-7)17(14,15)9-2-5(12)13/h3,9H,2H2,1H3,(H,12,13)(H,8,10,11). The summed E-state index contributed by atoms with van der Waals surface area (Å²) in [5.41, 5.74) is 0. The Labute approximate surface area is 101 Å². The molecule has 1 heterocycles. The Hall–Kier alpha value is -1.52. The van der Waals surface area contributed by atoms with E-state index in [-0.39, 0.29) is 15.2 Å². The van der Waals surface area contributed by atoms with E-state index in [0.717, 1.165) is 17.5 Å². The topological polar surface area (TPSA) is 125 Å². The number of carboxylic acid groups (broad SMARTS) is 1. The van der Waals surface area contributed by atoms with Crippen LogP contribution in [0.25, 0.3) is 0 Å². The fourth-order valence-electron chi connectivity index (χ4n) is 0.820. The normalized spacial score (nSPS) is 11.1. The van der Waals surface area contributed by atoms with E-state index in [1.165, 1.54) is 6.92 Å². The number of thiazole rings is 1. The zero-order chi connectivity index (χ0) is 13.1. The summed E-state index contributed by atoms with van der Waals surface area (Å²) in [5, 5.41) is 10.8. The minimum absolute atomic E-state index is 0.133. The van der Waals surface area contributed by atoms with Gasteiger partial charge >= 0.3 is 5.97 Å². The number of nitrogens with one attached hydrogen (secondary N) is 2. The van der Waals surface area contributed by atoms with Gasteiger partial charge in [-0.2, -0.15) is 4.72 Å². The maximum Gasteiger partial charge on any atom is 0.318 e. The number of sulfonamides is 1. The zero-order valence-electron chi connectivity index (χ0n) is 8.63. The van der Waals surface area contributed by atoms with Crippen LogP contribution in [0.1, 0.15) is 6.92 Å². The highest BCUT2D eigenvalue weighted by molar-refractivity contribution is 7.91. The molecule has 1 aromatic heterocycles. The van der Waals surface area contributed by atoms with Crippen molar-refractivity contribution in [3.63, 3.8) is 0 Å². The van der Waals surface area contributed by atoms with E-state index >= 15 is 0 Å². The van der Waals surface area contributed by atoms with Crippen molar-refractivity contribution in [1.82, 2.24) is 9.71 Å². The van der Waals surface area contributed by atoms with Crippen molar-refractivity contribution >= 4 is 38.4 Å². The van der Waals surface area contributed by atoms with E-state index in [1.807, 2.05) is 4.72 Å². The maximum atomic E-state index is 11.5. The van der Waals surface area contributed by atoms with Crippen molar-refractivity contribution in [3.05, 3.63) is 6.20 Å². The minimum Gasteiger partial charge on any atom is -0.480 e. The summed E-state index contributed by atoms with van der Waals surface area (Å²) in [6.45, 7) is 0.550. The van der Waals surface area contributed by atoms with E-state index in [0.29, 0.717) is 0 Å². The van der Waals surface area contributed by atoms with Gasteiger partial charge in [0.25, 0.3) is 10.0 Å². The molecule has 0 fully saturated rings. The number of anilines is 1. The molecule has 1 aromatic rings. The number of carbonyl (C=O) groups excluding carboxylic acids is 1. The van der Waals surface area contributed by atoms with Gasteiger partial charge in [0.05, 0.1) is 6.20 Å². The first-order chi connectivity index (χ1) is 7.81. The molecule has 0 spiro atoms. The molecule has 10 heteroatoms. The van der Waals surface area contributed by atoms with Crippen molar-refractivity contribution in [2.75, 3.05) is 11.9 Å². The average Bonchev–Trinajstić information content (AvgIpc) is 2.63. The lowest BCUT2D eigenvalue weighted by Gasteiger charge is -1.99. The van der Waals surface area contributed by atoms with Crippen LogP contribution in [0.15, 0.2) is 10.4 Å². The largest absolute Gasteiger partial charge is 0.480 e. The molecule has 0 unspecified atom stereocenters. The van der Waals surface area contributed by atoms with Crippen LogP contribution in [0.2, 0.25) is 0 Å². The van der Waals surface area contributed by atoms with Gasteiger partial charge in [0, 0.05) is 6.92 Å². The molecular formula is C7H9N3O5S2. The van der Waals surface area contributed by atoms with E-state index in [2.05, 4.69) is 10.3 Å². The summed E-state index contributed by atoms with van der Waals surface area (Å²) in [7, 11) is -3.90. The minimum atomic E-state index is -3.90. The molecular weight excluding hydrogens is 270 g/mol. The Morgan fingerprint density at radius 2 is 2.18 bits per heavy atom. The quantitative estimate of drug-likeness (QED) is 0.665. The SMILES string of the molecule is CC(=O)Nc1ncc(S(=O)(=O)NCC(=O)O)s1. The predicted octanol–water partition coefficient (Wildman–Crippen LogP) is -0.536. The van der Waals surface area contributed by atoms with Crippen LogP contribution >= 0.6 is 11.3 Å². The molecule has 0 atom stereocenters. The van der Waals surface area contributed by atoms with Crippen LogP contribution in [-0.4, -0.2) is 36.9 Å². The van der Waals surface area contributed by atoms with Gasteiger partial charge in [-0.25, -0.2) is 13.4 Å². The summed E-state index contributed by atoms with van der Waals surface area (Å²) in [4.78, 5) is 24.6. The Balaban J connectivity index is 2.81. The summed E-state index contributed by atoms with van der Waals surface area (Å²) in [6, 6.07) is 0. The first kappa shape index (κ1) is 13.5. The fraction of sp³-hybridized carbons (Fsp3) is 0.286. The molecule has 3 N–H and O–H groups in total. The van der Waals surface area contributed by atoms with Gasteiger partial charge in [-0.1, -0.05) is 11.3 Å². The highest BCUT2D eigenvalue weighted by Gasteiger charge is 2.18. The van der Waals surface area contributed by atoms with Crippen LogP contribution in [0.4, 0.5) is 5.13 Å². The Morgan fingerprint density at radius 3 is 2.71 bits per heavy atom. The van der Waals surface area contributed by atoms with Crippen LogP contribution in [0.5, 0.6) is 0 Å². The third-order valence-corrected chi connectivity index (χ3v) is 4.22. The molecule has 0 radical (unpaired) electrons. The highest BCUT2D eigenvalue weighted by atomic mass is 32.2. The van der Waals surface area contributed by atoms with Crippen LogP contribution < -0.4 is 10.0 Å². The second-order valence-electron chi connectivity index (χ2n) is 2.88. The lowest BCUT2D eigenvalue weighted by atomic mass is 10.7. The molecule has 8 nitrogen and oxygen atoms in total. The van der Waals surface area contributed by atoms with Crippen LogP contribution in [0.3, 0.4) is 0 Å². The molecule has 0 aliphatic heterocycles. The zero-order valence-corrected chi connectivity index (χ0v) is 10.3. The van der Waals surface area contributed by atoms with Crippen molar-refractivity contribution in [1.29, 1.82) is 0 Å². The Kier molecular flexibility index (Phi) is 4.15. The molecule has 0 saturated heterocycles. The summed E-state index contributed by atoms with van der Waals surface area (Å²) in [6.07, 6.45) is 1.04. The van der Waals surface area contributed by atoms with Gasteiger partial charge in [0.1, 0.15) is 6.54 Å². The molecule has 0 aliphatic rings. The Bertz CT molecular complexity index is 535. The van der Waals surface area contributed by atoms with Gasteiger partial charge in [0.15, 0.2) is 9.34 Å². The van der Waals surface area contributed by atoms with Crippen LogP contribution in [0, 0.1) is 0 Å². The first-order valence-corrected chi connectivity index (χ1v) is 6.56. The molecule has 0 aliphatic carbocycles. The van der Waals surface area contributed by atoms with Crippen molar-refractivity contribution in [3.8, 4) is 0 Å². The molecule has 0 aromatic carbocycles. The van der Waals surface area contributed by atoms with Gasteiger partial charge in [-0.15, -0.1) is 0 Å². The second-order valence-corrected chi connectivity index (χ2v) is 5.91. The van der Waals surface area contributed by atoms with E-state index in [9.17, 15) is 18.0 Å². The number of carbonyl (C=O) groups is 2. The third kappa shape index (κ3) is 4.09. The number of aliphatic carboxylic acids is 1. The van der Waals surface area contributed by atoms with E-state index in [1.54, 1.807) is 0 Å². The third-order valence-electron chi connectivity index (χ3n) is 1.45. The van der Waals surface area contributed by atoms with Crippen LogP contribution in [-0.2, 0) is 19.6 Å². The second kappa shape index (κ2) is 5.21. The monoisotopic (exact) mass is 279 g/mol. The Morgan fingerprint density at radius 1 is 1.53 bits per heavy atom. The van der Waals surface area contributed by atoms with Gasteiger partial charge < -0.3 is 10.4 Å². The van der Waals surface area contributed by atoms with Crippen molar-refractivity contribution < 1.29 is 23.1 Å². The lowest BCUT2D eigenvalue weighted by Crippen LogP contribution is -2.28. The average molecular weight is 279 g/mol. The fourth-order valence-corrected chi connectivity index (χ4v) is 2.92. The number of aromatic nitrogens is 1. The molecule has 1 amide bonds. The molecule has 94 valence electrons. The molecule has 0 bridgehead atoms. The smallest absolute Gasteiger partial charge is 0.318 e. The van der Waals surface area contributed by atoms with Gasteiger partial charge in [-0.05, 0) is 0 Å². The molecule has 1 rings (SSSR count). The summed E-state index contributed by atoms with van der Waals surface area (Å²) < 4.78 is 24.7. The number of carboxylic acids is 1. The number of nitrogens with zero attached hydrogens (tertiary/aromatic N) is 1. The highest BCUT2D eigenvalue weighted by Crippen LogP contribution is 2.22. The van der Waals surface area contributed by atoms with Crippen molar-refractivity contribution in [2.45, 2.75) is 11.1 Å². The summed E-state index contributed by atoms with van der Waals surface area (Å²) >= 11 is 0.733. The maximum absolute atomic E-state index is 11.5. The van der Waals surface area contributed by atoms with Gasteiger partial charge in [0.2, 0.25) is 5.91 Å². The van der Waals surface area contributed by atoms with E-state index in [4.69, 9.17) is 5.11 Å². The summed E-state index contributed by atoms with van der Waals surface area (Å²) in [5.74, 6) is -1.66. The molecule has 17 heavy (non-hydrogen) atoms. The van der Waals surface area contributed by atoms with Crippen molar-refractivity contribution in [2.24, 2.45) is 0 Å². The number of rotatable bonds is 5. The number of amides is 1. The van der Waals surface area contributed by atoms with Gasteiger partial charge in [-0.3, -0.25) is 9.59 Å². The molecule has 0 saturated carbocycles. The van der Waals surface area contributed by atoms with E-state index < -0.39 is 22.5 Å². The number of hydrogen-bond acceptors (Lipinski definition) is 6.